The summed E-state index contributed by atoms with van der Waals surface area (Å²) in [6.45, 7) is -0.404. The molecule has 2 heterocycles. The minimum Gasteiger partial charge on any atom is -0.594 e. The van der Waals surface area contributed by atoms with Crippen molar-refractivity contribution in [3.8, 4) is 0 Å². The first-order chi connectivity index (χ1) is 7.63. The smallest absolute Gasteiger partial charge is 0.209 e. The van der Waals surface area contributed by atoms with Gasteiger partial charge < -0.3 is 25.3 Å². The Morgan fingerprint density at radius 2 is 2.19 bits per heavy atom. The highest BCUT2D eigenvalue weighted by Gasteiger charge is 2.44. The Labute approximate surface area is 91.1 Å². The van der Waals surface area contributed by atoms with Crippen LogP contribution in [0.5, 0.6) is 0 Å². The summed E-state index contributed by atoms with van der Waals surface area (Å²) in [6, 6.07) is 2.97. The van der Waals surface area contributed by atoms with Gasteiger partial charge in [-0.05, 0) is 6.07 Å². The maximum Gasteiger partial charge on any atom is 0.209 e. The maximum atomic E-state index is 10.9. The maximum absolute atomic E-state index is 10.9. The van der Waals surface area contributed by atoms with Gasteiger partial charge in [-0.1, -0.05) is 4.85 Å². The molecule has 1 saturated heterocycles. The van der Waals surface area contributed by atoms with Crippen LogP contribution in [0.4, 0.5) is 0 Å². The standard InChI is InChI=1S/C9H12N2O5/c12-4-6-7(13)8(14)9(16-6)5-2-1-3-11(15)10-5/h1-3,6-9,12-14H,4H2/t6-,7-,8-,9+/m1/s1. The normalized spacial score (nSPS) is 34.2. The Bertz CT molecular complexity index is 375. The van der Waals surface area contributed by atoms with Crippen LogP contribution in [0.25, 0.3) is 0 Å². The van der Waals surface area contributed by atoms with Crippen molar-refractivity contribution >= 4 is 0 Å². The molecule has 1 aromatic rings. The average molecular weight is 228 g/mol. The van der Waals surface area contributed by atoms with Crippen LogP contribution in [0.2, 0.25) is 0 Å². The van der Waals surface area contributed by atoms with E-state index >= 15 is 0 Å². The first-order valence-corrected chi connectivity index (χ1v) is 4.82. The number of nitrogens with zero attached hydrogens (tertiary/aromatic N) is 2. The monoisotopic (exact) mass is 228 g/mol. The number of hydrogen-bond donors (Lipinski definition) is 3. The molecule has 1 aliphatic heterocycles. The van der Waals surface area contributed by atoms with Crippen molar-refractivity contribution in [2.75, 3.05) is 6.61 Å². The Kier molecular flexibility index (Phi) is 3.01. The zero-order valence-corrected chi connectivity index (χ0v) is 8.30. The van der Waals surface area contributed by atoms with Gasteiger partial charge in [-0.15, -0.1) is 0 Å². The Morgan fingerprint density at radius 3 is 2.75 bits per heavy atom. The molecule has 0 aliphatic carbocycles. The molecule has 7 nitrogen and oxygen atoms in total. The molecular formula is C9H12N2O5. The van der Waals surface area contributed by atoms with E-state index in [-0.39, 0.29) is 5.69 Å². The minimum atomic E-state index is -1.20. The first kappa shape index (κ1) is 11.2. The van der Waals surface area contributed by atoms with Gasteiger partial charge in [0.15, 0.2) is 0 Å². The predicted molar refractivity (Wildman–Crippen MR) is 49.9 cm³/mol. The molecule has 0 spiro atoms. The number of aromatic nitrogens is 2. The van der Waals surface area contributed by atoms with Gasteiger partial charge in [-0.25, -0.2) is 0 Å². The number of aliphatic hydroxyl groups excluding tert-OH is 3. The van der Waals surface area contributed by atoms with E-state index < -0.39 is 31.0 Å². The molecule has 0 radical (unpaired) electrons. The average Bonchev–Trinajstić information content (AvgIpc) is 2.56. The molecule has 7 heteroatoms. The van der Waals surface area contributed by atoms with Gasteiger partial charge in [0.2, 0.25) is 6.20 Å². The van der Waals surface area contributed by atoms with Crippen LogP contribution in [0.3, 0.4) is 0 Å². The molecule has 3 N–H and O–H groups in total. The molecule has 1 fully saturated rings. The summed E-state index contributed by atoms with van der Waals surface area (Å²) in [7, 11) is 0. The molecule has 1 aromatic heterocycles. The quantitative estimate of drug-likeness (QED) is 0.394. The highest BCUT2D eigenvalue weighted by atomic mass is 16.6. The molecule has 0 amide bonds. The summed E-state index contributed by atoms with van der Waals surface area (Å²) < 4.78 is 5.21. The second-order valence-electron chi connectivity index (χ2n) is 3.59. The molecular weight excluding hydrogens is 216 g/mol. The van der Waals surface area contributed by atoms with Crippen LogP contribution in [0.1, 0.15) is 11.8 Å². The van der Waals surface area contributed by atoms with Gasteiger partial charge in [-0.2, -0.15) is 0 Å². The van der Waals surface area contributed by atoms with E-state index in [2.05, 4.69) is 5.10 Å². The summed E-state index contributed by atoms with van der Waals surface area (Å²) in [5.74, 6) is 0. The third kappa shape index (κ3) is 1.85. The van der Waals surface area contributed by atoms with Crippen LogP contribution < -0.4 is 4.85 Å². The van der Waals surface area contributed by atoms with E-state index in [0.29, 0.717) is 4.85 Å². The molecule has 0 bridgehead atoms. The summed E-state index contributed by atoms with van der Waals surface area (Å²) in [6.07, 6.45) is -2.94. The number of rotatable bonds is 2. The van der Waals surface area contributed by atoms with Gasteiger partial charge in [0.05, 0.1) is 6.61 Å². The highest BCUT2D eigenvalue weighted by Crippen LogP contribution is 2.31. The summed E-state index contributed by atoms with van der Waals surface area (Å²) in [5.41, 5.74) is 0.222. The van der Waals surface area contributed by atoms with Gasteiger partial charge in [0.25, 0.3) is 0 Å². The lowest BCUT2D eigenvalue weighted by Crippen LogP contribution is -2.34. The Morgan fingerprint density at radius 1 is 1.44 bits per heavy atom. The van der Waals surface area contributed by atoms with Crippen molar-refractivity contribution in [3.63, 3.8) is 0 Å². The fraction of sp³-hybridized carbons (Fsp3) is 0.556. The zero-order chi connectivity index (χ0) is 11.7. The van der Waals surface area contributed by atoms with E-state index in [4.69, 9.17) is 9.84 Å². The summed E-state index contributed by atoms with van der Waals surface area (Å²) in [5, 5.41) is 42.6. The summed E-state index contributed by atoms with van der Waals surface area (Å²) in [4.78, 5) is 0.337. The van der Waals surface area contributed by atoms with Gasteiger partial charge in [0, 0.05) is 11.2 Å². The van der Waals surface area contributed by atoms with Crippen molar-refractivity contribution < 1.29 is 24.9 Å². The van der Waals surface area contributed by atoms with Crippen LogP contribution in [0, 0.1) is 5.21 Å². The molecule has 0 saturated carbocycles. The number of hydrogen-bond acceptors (Lipinski definition) is 6. The van der Waals surface area contributed by atoms with E-state index in [1.165, 1.54) is 18.3 Å². The van der Waals surface area contributed by atoms with Gasteiger partial charge >= 0.3 is 0 Å². The van der Waals surface area contributed by atoms with E-state index in [1.807, 2.05) is 0 Å². The third-order valence-electron chi connectivity index (χ3n) is 2.53. The third-order valence-corrected chi connectivity index (χ3v) is 2.53. The first-order valence-electron chi connectivity index (χ1n) is 4.82. The molecule has 2 rings (SSSR count). The summed E-state index contributed by atoms with van der Waals surface area (Å²) >= 11 is 0. The predicted octanol–water partition coefficient (Wildman–Crippen LogP) is -2.13. The molecule has 4 atom stereocenters. The van der Waals surface area contributed by atoms with Crippen molar-refractivity contribution in [1.82, 2.24) is 5.10 Å². The number of aliphatic hydroxyl groups is 3. The van der Waals surface area contributed by atoms with Crippen molar-refractivity contribution in [2.24, 2.45) is 0 Å². The number of ether oxygens (including phenoxy) is 1. The Hall–Kier alpha value is -1.28. The van der Waals surface area contributed by atoms with E-state index in [1.54, 1.807) is 0 Å². The fourth-order valence-electron chi connectivity index (χ4n) is 1.69. The second kappa shape index (κ2) is 4.30. The highest BCUT2D eigenvalue weighted by molar-refractivity contribution is 5.08. The minimum absolute atomic E-state index is 0.222. The van der Waals surface area contributed by atoms with Gasteiger partial charge in [-0.3, -0.25) is 0 Å². The fourth-order valence-corrected chi connectivity index (χ4v) is 1.69. The molecule has 0 aromatic carbocycles. The van der Waals surface area contributed by atoms with Crippen LogP contribution in [-0.2, 0) is 4.74 Å². The SMILES string of the molecule is [O-][n+]1cccc([C@@H]2O[C@H](CO)[C@@H](O)[C@H]2O)n1. The van der Waals surface area contributed by atoms with Crippen LogP contribution in [0.15, 0.2) is 18.3 Å². The zero-order valence-electron chi connectivity index (χ0n) is 8.30. The molecule has 0 unspecified atom stereocenters. The van der Waals surface area contributed by atoms with Crippen molar-refractivity contribution in [1.29, 1.82) is 0 Å². The largest absolute Gasteiger partial charge is 0.594 e. The van der Waals surface area contributed by atoms with Crippen molar-refractivity contribution in [3.05, 3.63) is 29.2 Å². The lowest BCUT2D eigenvalue weighted by molar-refractivity contribution is -0.670. The van der Waals surface area contributed by atoms with Crippen LogP contribution >= 0.6 is 0 Å². The Balaban J connectivity index is 2.23. The lowest BCUT2D eigenvalue weighted by Gasteiger charge is -2.12. The molecule has 88 valence electrons. The van der Waals surface area contributed by atoms with E-state index in [9.17, 15) is 15.4 Å². The van der Waals surface area contributed by atoms with Crippen molar-refractivity contribution in [2.45, 2.75) is 24.4 Å². The molecule has 16 heavy (non-hydrogen) atoms. The second-order valence-corrected chi connectivity index (χ2v) is 3.59. The molecule has 1 aliphatic rings. The topological polar surface area (TPSA) is 110 Å². The van der Waals surface area contributed by atoms with E-state index in [0.717, 1.165) is 0 Å². The lowest BCUT2D eigenvalue weighted by atomic mass is 10.1. The van der Waals surface area contributed by atoms with Gasteiger partial charge in [0.1, 0.15) is 30.1 Å². The van der Waals surface area contributed by atoms with Crippen LogP contribution in [-0.4, -0.2) is 45.3 Å².